The van der Waals surface area contributed by atoms with Gasteiger partial charge in [0, 0.05) is 24.7 Å². The number of nitrogens with zero attached hydrogens (tertiary/aromatic N) is 5. The third-order valence-electron chi connectivity index (χ3n) is 4.40. The average Bonchev–Trinajstić information content (AvgIpc) is 3.04. The Morgan fingerprint density at radius 2 is 1.96 bits per heavy atom. The highest BCUT2D eigenvalue weighted by Gasteiger charge is 2.25. The molecule has 1 amide bonds. The maximum atomic E-state index is 12.4. The molecule has 1 aromatic heterocycles. The SMILES string of the molecule is CC(N)C1CCN(C(=O)Cn2nnc(-c3ccccc3)n2)CC1.Cl. The highest BCUT2D eigenvalue weighted by Crippen LogP contribution is 2.19. The number of aromatic nitrogens is 4. The average molecular weight is 351 g/mol. The van der Waals surface area contributed by atoms with Crippen molar-refractivity contribution >= 4 is 18.3 Å². The Hall–Kier alpha value is -1.99. The number of rotatable bonds is 4. The molecule has 0 spiro atoms. The minimum Gasteiger partial charge on any atom is -0.341 e. The second-order valence-electron chi connectivity index (χ2n) is 6.09. The quantitative estimate of drug-likeness (QED) is 0.898. The van der Waals surface area contributed by atoms with Gasteiger partial charge in [0.1, 0.15) is 6.54 Å². The molecule has 1 aliphatic rings. The van der Waals surface area contributed by atoms with Crippen molar-refractivity contribution in [3.63, 3.8) is 0 Å². The molecule has 1 saturated heterocycles. The van der Waals surface area contributed by atoms with E-state index in [0.29, 0.717) is 11.7 Å². The Bertz CT molecular complexity index is 652. The van der Waals surface area contributed by atoms with Crippen molar-refractivity contribution in [1.82, 2.24) is 25.1 Å². The monoisotopic (exact) mass is 350 g/mol. The van der Waals surface area contributed by atoms with Gasteiger partial charge in [0.05, 0.1) is 0 Å². The maximum Gasteiger partial charge on any atom is 0.246 e. The molecule has 3 rings (SSSR count). The van der Waals surface area contributed by atoms with Gasteiger partial charge in [-0.1, -0.05) is 30.3 Å². The van der Waals surface area contributed by atoms with Crippen LogP contribution in [0.5, 0.6) is 0 Å². The highest BCUT2D eigenvalue weighted by molar-refractivity contribution is 5.85. The van der Waals surface area contributed by atoms with Crippen molar-refractivity contribution < 1.29 is 4.79 Å². The van der Waals surface area contributed by atoms with Crippen molar-refractivity contribution in [1.29, 1.82) is 0 Å². The second kappa shape index (κ2) is 8.21. The van der Waals surface area contributed by atoms with E-state index >= 15 is 0 Å². The first-order chi connectivity index (χ1) is 11.1. The van der Waals surface area contributed by atoms with Gasteiger partial charge in [0.2, 0.25) is 11.7 Å². The van der Waals surface area contributed by atoms with Crippen LogP contribution in [0, 0.1) is 5.92 Å². The van der Waals surface area contributed by atoms with Gasteiger partial charge in [-0.25, -0.2) is 0 Å². The topological polar surface area (TPSA) is 89.9 Å². The Morgan fingerprint density at radius 1 is 1.29 bits per heavy atom. The summed E-state index contributed by atoms with van der Waals surface area (Å²) < 4.78 is 0. The van der Waals surface area contributed by atoms with Gasteiger partial charge < -0.3 is 10.6 Å². The minimum absolute atomic E-state index is 0. The molecule has 24 heavy (non-hydrogen) atoms. The Balaban J connectivity index is 0.00000208. The van der Waals surface area contributed by atoms with Crippen LogP contribution in [0.2, 0.25) is 0 Å². The zero-order valence-electron chi connectivity index (χ0n) is 13.7. The van der Waals surface area contributed by atoms with Gasteiger partial charge in [-0.2, -0.15) is 4.80 Å². The molecule has 1 atom stereocenters. The Labute approximate surface area is 147 Å². The summed E-state index contributed by atoms with van der Waals surface area (Å²) in [4.78, 5) is 15.6. The molecule has 1 aliphatic heterocycles. The number of piperidine rings is 1. The summed E-state index contributed by atoms with van der Waals surface area (Å²) in [6.45, 7) is 3.67. The number of amides is 1. The first-order valence-corrected chi connectivity index (χ1v) is 8.00. The van der Waals surface area contributed by atoms with E-state index in [2.05, 4.69) is 15.4 Å². The molecule has 0 saturated carbocycles. The number of nitrogens with two attached hydrogens (primary N) is 1. The fraction of sp³-hybridized carbons (Fsp3) is 0.500. The van der Waals surface area contributed by atoms with E-state index in [4.69, 9.17) is 5.73 Å². The van der Waals surface area contributed by atoms with Gasteiger partial charge in [-0.15, -0.1) is 22.6 Å². The number of carbonyl (C=O) groups is 1. The van der Waals surface area contributed by atoms with Crippen molar-refractivity contribution in [3.05, 3.63) is 30.3 Å². The maximum absolute atomic E-state index is 12.4. The Morgan fingerprint density at radius 3 is 2.58 bits per heavy atom. The molecule has 0 radical (unpaired) electrons. The van der Waals surface area contributed by atoms with Crippen LogP contribution in [-0.2, 0) is 11.3 Å². The van der Waals surface area contributed by atoms with E-state index in [1.165, 1.54) is 4.80 Å². The summed E-state index contributed by atoms with van der Waals surface area (Å²) in [5.74, 6) is 1.08. The number of hydrogen-bond donors (Lipinski definition) is 1. The van der Waals surface area contributed by atoms with Crippen LogP contribution in [0.15, 0.2) is 30.3 Å². The fourth-order valence-corrected chi connectivity index (χ4v) is 2.91. The van der Waals surface area contributed by atoms with E-state index < -0.39 is 0 Å². The van der Waals surface area contributed by atoms with Gasteiger partial charge in [0.25, 0.3) is 0 Å². The van der Waals surface area contributed by atoms with E-state index in [-0.39, 0.29) is 30.9 Å². The van der Waals surface area contributed by atoms with Crippen LogP contribution < -0.4 is 5.73 Å². The number of hydrogen-bond acceptors (Lipinski definition) is 5. The van der Waals surface area contributed by atoms with Crippen LogP contribution in [0.1, 0.15) is 19.8 Å². The summed E-state index contributed by atoms with van der Waals surface area (Å²) in [7, 11) is 0. The van der Waals surface area contributed by atoms with Gasteiger partial charge in [-0.3, -0.25) is 4.79 Å². The molecular weight excluding hydrogens is 328 g/mol. The summed E-state index contributed by atoms with van der Waals surface area (Å²) in [6, 6.07) is 9.80. The lowest BCUT2D eigenvalue weighted by Gasteiger charge is -2.33. The number of benzene rings is 1. The van der Waals surface area contributed by atoms with Gasteiger partial charge in [0.15, 0.2) is 0 Å². The fourth-order valence-electron chi connectivity index (χ4n) is 2.91. The third-order valence-corrected chi connectivity index (χ3v) is 4.40. The van der Waals surface area contributed by atoms with Gasteiger partial charge >= 0.3 is 0 Å². The summed E-state index contributed by atoms with van der Waals surface area (Å²) >= 11 is 0. The predicted octanol–water partition coefficient (Wildman–Crippen LogP) is 1.35. The number of likely N-dealkylation sites (tertiary alicyclic amines) is 1. The lowest BCUT2D eigenvalue weighted by molar-refractivity contribution is -0.133. The van der Waals surface area contributed by atoms with Crippen LogP contribution in [0.4, 0.5) is 0 Å². The number of tetrazole rings is 1. The highest BCUT2D eigenvalue weighted by atomic mass is 35.5. The molecule has 8 heteroatoms. The van der Waals surface area contributed by atoms with Crippen LogP contribution in [-0.4, -0.2) is 50.1 Å². The van der Waals surface area contributed by atoms with Crippen LogP contribution in [0.25, 0.3) is 11.4 Å². The molecule has 0 bridgehead atoms. The van der Waals surface area contributed by atoms with Crippen molar-refractivity contribution in [2.45, 2.75) is 32.4 Å². The van der Waals surface area contributed by atoms with Crippen molar-refractivity contribution in [2.24, 2.45) is 11.7 Å². The molecule has 1 aromatic carbocycles. The summed E-state index contributed by atoms with van der Waals surface area (Å²) in [5, 5.41) is 12.3. The first-order valence-electron chi connectivity index (χ1n) is 8.00. The summed E-state index contributed by atoms with van der Waals surface area (Å²) in [6.07, 6.45) is 1.92. The normalized spacial score (nSPS) is 16.5. The van der Waals surface area contributed by atoms with Crippen molar-refractivity contribution in [2.75, 3.05) is 13.1 Å². The minimum atomic E-state index is 0. The van der Waals surface area contributed by atoms with E-state index in [9.17, 15) is 4.79 Å². The lowest BCUT2D eigenvalue weighted by Crippen LogP contribution is -2.43. The number of carbonyl (C=O) groups excluding carboxylic acids is 1. The molecule has 130 valence electrons. The molecule has 1 fully saturated rings. The van der Waals surface area contributed by atoms with E-state index in [1.54, 1.807) is 0 Å². The molecule has 7 nitrogen and oxygen atoms in total. The molecule has 2 aromatic rings. The van der Waals surface area contributed by atoms with Crippen LogP contribution in [0.3, 0.4) is 0 Å². The molecule has 0 aliphatic carbocycles. The zero-order valence-corrected chi connectivity index (χ0v) is 14.5. The molecule has 2 N–H and O–H groups in total. The number of halogens is 1. The van der Waals surface area contributed by atoms with Crippen molar-refractivity contribution in [3.8, 4) is 11.4 Å². The van der Waals surface area contributed by atoms with Gasteiger partial charge in [-0.05, 0) is 30.9 Å². The molecule has 1 unspecified atom stereocenters. The second-order valence-corrected chi connectivity index (χ2v) is 6.09. The lowest BCUT2D eigenvalue weighted by atomic mass is 9.91. The van der Waals surface area contributed by atoms with Crippen LogP contribution >= 0.6 is 12.4 Å². The molecular formula is C16H23ClN6O. The molecule has 2 heterocycles. The largest absolute Gasteiger partial charge is 0.341 e. The predicted molar refractivity (Wildman–Crippen MR) is 93.5 cm³/mol. The standard InChI is InChI=1S/C16H22N6O.ClH/c1-12(17)13-7-9-21(10-8-13)15(23)11-22-19-16(18-20-22)14-5-3-2-4-6-14;/h2-6,12-13H,7-11,17H2,1H3;1H. The van der Waals surface area contributed by atoms with E-state index in [1.807, 2.05) is 42.2 Å². The first kappa shape index (κ1) is 18.4. The van der Waals surface area contributed by atoms with E-state index in [0.717, 1.165) is 31.5 Å². The Kier molecular flexibility index (Phi) is 6.28. The third kappa shape index (κ3) is 4.30. The smallest absolute Gasteiger partial charge is 0.246 e. The summed E-state index contributed by atoms with van der Waals surface area (Å²) in [5.41, 5.74) is 6.83. The zero-order chi connectivity index (χ0) is 16.2.